The molecule has 1 aromatic rings. The van der Waals surface area contributed by atoms with Crippen molar-refractivity contribution in [2.24, 2.45) is 11.8 Å². The molecule has 23 heavy (non-hydrogen) atoms. The van der Waals surface area contributed by atoms with E-state index in [2.05, 4.69) is 0 Å². The van der Waals surface area contributed by atoms with Gasteiger partial charge < -0.3 is 19.3 Å². The Balaban J connectivity index is 1.50. The number of Topliss-reactive ketones (excluding diaryl/α,β-unsaturated/α-hetero) is 1. The first-order valence-corrected chi connectivity index (χ1v) is 7.75. The van der Waals surface area contributed by atoms with Crippen molar-refractivity contribution in [3.8, 4) is 0 Å². The molecule has 0 spiro atoms. The van der Waals surface area contributed by atoms with Crippen LogP contribution in [-0.2, 0) is 19.0 Å². The van der Waals surface area contributed by atoms with E-state index in [0.717, 1.165) is 0 Å². The van der Waals surface area contributed by atoms with Crippen molar-refractivity contribution in [1.82, 2.24) is 0 Å². The number of benzene rings is 1. The molecular weight excluding hydrogens is 300 g/mol. The van der Waals surface area contributed by atoms with Crippen LogP contribution in [0.5, 0.6) is 0 Å². The van der Waals surface area contributed by atoms with Crippen molar-refractivity contribution in [2.75, 3.05) is 6.61 Å². The van der Waals surface area contributed by atoms with Crippen LogP contribution in [0.2, 0.25) is 0 Å². The van der Waals surface area contributed by atoms with E-state index in [4.69, 9.17) is 14.2 Å². The second kappa shape index (κ2) is 4.87. The van der Waals surface area contributed by atoms with Gasteiger partial charge in [-0.05, 0) is 19.1 Å². The van der Waals surface area contributed by atoms with Gasteiger partial charge in [-0.1, -0.05) is 18.2 Å². The van der Waals surface area contributed by atoms with E-state index >= 15 is 0 Å². The molecule has 3 aliphatic rings. The van der Waals surface area contributed by atoms with Gasteiger partial charge in [-0.15, -0.1) is 0 Å². The van der Waals surface area contributed by atoms with Gasteiger partial charge in [0, 0.05) is 18.8 Å². The number of carbonyl (C=O) groups is 2. The number of hydrogen-bond donors (Lipinski definition) is 1. The number of fused-ring (bicyclic) bond motifs is 2. The van der Waals surface area contributed by atoms with Gasteiger partial charge in [-0.2, -0.15) is 0 Å². The SMILES string of the molecule is CC12CC(=O)C3CC1(O)OC(O2)C3COC(=O)c1ccccc1. The highest BCUT2D eigenvalue weighted by Gasteiger charge is 2.69. The molecule has 3 fully saturated rings. The van der Waals surface area contributed by atoms with Crippen LogP contribution in [0.15, 0.2) is 30.3 Å². The Bertz CT molecular complexity index is 658. The first-order chi connectivity index (χ1) is 10.9. The van der Waals surface area contributed by atoms with Gasteiger partial charge >= 0.3 is 5.97 Å². The van der Waals surface area contributed by atoms with Crippen LogP contribution in [0, 0.1) is 11.8 Å². The summed E-state index contributed by atoms with van der Waals surface area (Å²) in [5.41, 5.74) is -0.556. The van der Waals surface area contributed by atoms with E-state index in [-0.39, 0.29) is 31.1 Å². The fourth-order valence-corrected chi connectivity index (χ4v) is 3.79. The maximum absolute atomic E-state index is 12.3. The summed E-state index contributed by atoms with van der Waals surface area (Å²) in [6.07, 6.45) is -0.418. The second-order valence-electron chi connectivity index (χ2n) is 6.70. The molecule has 5 unspecified atom stereocenters. The Morgan fingerprint density at radius 1 is 1.35 bits per heavy atom. The fourth-order valence-electron chi connectivity index (χ4n) is 3.79. The van der Waals surface area contributed by atoms with Gasteiger partial charge in [-0.25, -0.2) is 4.79 Å². The third-order valence-corrected chi connectivity index (χ3v) is 5.22. The lowest BCUT2D eigenvalue weighted by Crippen LogP contribution is -2.59. The van der Waals surface area contributed by atoms with Gasteiger partial charge in [-0.3, -0.25) is 4.79 Å². The minimum atomic E-state index is -1.42. The number of ketones is 1. The number of carbonyl (C=O) groups excluding carboxylic acids is 2. The number of ether oxygens (including phenoxy) is 3. The van der Waals surface area contributed by atoms with E-state index in [1.54, 1.807) is 31.2 Å². The largest absolute Gasteiger partial charge is 0.462 e. The molecule has 0 aromatic heterocycles. The van der Waals surface area contributed by atoms with Gasteiger partial charge in [0.2, 0.25) is 0 Å². The van der Waals surface area contributed by atoms with Crippen molar-refractivity contribution < 1.29 is 28.9 Å². The average Bonchev–Trinajstić information content (AvgIpc) is 2.69. The third kappa shape index (κ3) is 2.13. The predicted molar refractivity (Wildman–Crippen MR) is 77.3 cm³/mol. The lowest BCUT2D eigenvalue weighted by Gasteiger charge is -2.44. The van der Waals surface area contributed by atoms with E-state index in [9.17, 15) is 14.7 Å². The van der Waals surface area contributed by atoms with Crippen LogP contribution >= 0.6 is 0 Å². The maximum atomic E-state index is 12.3. The Kier molecular flexibility index (Phi) is 3.13. The molecule has 5 atom stereocenters. The zero-order chi connectivity index (χ0) is 16.2. The molecule has 1 saturated carbocycles. The van der Waals surface area contributed by atoms with Gasteiger partial charge in [0.1, 0.15) is 18.0 Å². The minimum Gasteiger partial charge on any atom is -0.462 e. The fraction of sp³-hybridized carbons (Fsp3) is 0.529. The van der Waals surface area contributed by atoms with Crippen molar-refractivity contribution in [3.05, 3.63) is 35.9 Å². The predicted octanol–water partition coefficient (Wildman–Crippen LogP) is 1.27. The lowest BCUT2D eigenvalue weighted by atomic mass is 9.70. The molecule has 2 heterocycles. The molecule has 122 valence electrons. The first kappa shape index (κ1) is 14.8. The standard InChI is InChI=1S/C17H18O6/c1-16-8-13(18)11-7-17(16,20)23-15(22-16)12(11)9-21-14(19)10-5-3-2-4-6-10/h2-6,11-12,15,20H,7-9H2,1H3. The number of esters is 1. The Labute approximate surface area is 133 Å². The van der Waals surface area contributed by atoms with Crippen LogP contribution < -0.4 is 0 Å². The van der Waals surface area contributed by atoms with Gasteiger partial charge in [0.05, 0.1) is 11.5 Å². The highest BCUT2D eigenvalue weighted by molar-refractivity contribution is 5.89. The summed E-state index contributed by atoms with van der Waals surface area (Å²) in [6, 6.07) is 8.67. The Morgan fingerprint density at radius 2 is 2.09 bits per heavy atom. The molecule has 2 aliphatic heterocycles. The third-order valence-electron chi connectivity index (χ3n) is 5.22. The number of aliphatic hydroxyl groups is 1. The van der Waals surface area contributed by atoms with E-state index in [1.165, 1.54) is 0 Å². The topological polar surface area (TPSA) is 82.1 Å². The highest BCUT2D eigenvalue weighted by Crippen LogP contribution is 2.56. The Hall–Kier alpha value is -1.76. The molecule has 3 bridgehead atoms. The molecule has 1 N–H and O–H groups in total. The summed E-state index contributed by atoms with van der Waals surface area (Å²) in [5.74, 6) is -2.63. The van der Waals surface area contributed by atoms with Crippen LogP contribution in [-0.4, -0.2) is 41.1 Å². The minimum absolute atomic E-state index is 0.0287. The van der Waals surface area contributed by atoms with Crippen LogP contribution in [0.1, 0.15) is 30.1 Å². The molecule has 0 amide bonds. The molecule has 0 radical (unpaired) electrons. The molecule has 4 rings (SSSR count). The van der Waals surface area contributed by atoms with Gasteiger partial charge in [0.25, 0.3) is 0 Å². The summed E-state index contributed by atoms with van der Waals surface area (Å²) < 4.78 is 16.8. The zero-order valence-electron chi connectivity index (χ0n) is 12.7. The number of rotatable bonds is 3. The maximum Gasteiger partial charge on any atom is 0.338 e. The molecule has 6 nitrogen and oxygen atoms in total. The molecular formula is C17H18O6. The quantitative estimate of drug-likeness (QED) is 0.845. The molecule has 6 heteroatoms. The normalized spacial score (nSPS) is 41.1. The van der Waals surface area contributed by atoms with Crippen LogP contribution in [0.3, 0.4) is 0 Å². The smallest absolute Gasteiger partial charge is 0.338 e. The van der Waals surface area contributed by atoms with E-state index in [1.807, 2.05) is 6.07 Å². The lowest BCUT2D eigenvalue weighted by molar-refractivity contribution is -0.271. The van der Waals surface area contributed by atoms with E-state index < -0.39 is 29.6 Å². The first-order valence-electron chi connectivity index (χ1n) is 7.75. The van der Waals surface area contributed by atoms with Crippen LogP contribution in [0.25, 0.3) is 0 Å². The molecule has 1 aliphatic carbocycles. The zero-order valence-corrected chi connectivity index (χ0v) is 12.7. The Morgan fingerprint density at radius 3 is 2.83 bits per heavy atom. The second-order valence-corrected chi connectivity index (χ2v) is 6.70. The highest BCUT2D eigenvalue weighted by atomic mass is 16.8. The summed E-state index contributed by atoms with van der Waals surface area (Å²) in [7, 11) is 0. The van der Waals surface area contributed by atoms with Crippen molar-refractivity contribution >= 4 is 11.8 Å². The summed E-state index contributed by atoms with van der Waals surface area (Å²) in [4.78, 5) is 24.4. The molecule has 2 saturated heterocycles. The average molecular weight is 318 g/mol. The molecule has 1 aromatic carbocycles. The van der Waals surface area contributed by atoms with Crippen molar-refractivity contribution in [1.29, 1.82) is 0 Å². The monoisotopic (exact) mass is 318 g/mol. The number of hydrogen-bond acceptors (Lipinski definition) is 6. The summed E-state index contributed by atoms with van der Waals surface area (Å²) in [5, 5.41) is 10.6. The van der Waals surface area contributed by atoms with E-state index in [0.29, 0.717) is 5.56 Å². The summed E-state index contributed by atoms with van der Waals surface area (Å²) >= 11 is 0. The summed E-state index contributed by atoms with van der Waals surface area (Å²) in [6.45, 7) is 1.72. The van der Waals surface area contributed by atoms with Crippen LogP contribution in [0.4, 0.5) is 0 Å². The van der Waals surface area contributed by atoms with Crippen molar-refractivity contribution in [2.45, 2.75) is 37.4 Å². The van der Waals surface area contributed by atoms with Gasteiger partial charge in [0.15, 0.2) is 12.1 Å². The van der Waals surface area contributed by atoms with Crippen molar-refractivity contribution in [3.63, 3.8) is 0 Å².